The number of halogens is 2. The molecule has 9 heteroatoms. The molecule has 1 unspecified atom stereocenters. The Morgan fingerprint density at radius 1 is 1.37 bits per heavy atom. The van der Waals surface area contributed by atoms with Gasteiger partial charge in [-0.15, -0.1) is 0 Å². The van der Waals surface area contributed by atoms with E-state index in [-0.39, 0.29) is 24.9 Å². The number of benzene rings is 1. The Morgan fingerprint density at radius 3 is 2.59 bits per heavy atom. The summed E-state index contributed by atoms with van der Waals surface area (Å²) in [6, 6.07) is 0.320. The van der Waals surface area contributed by atoms with Crippen molar-refractivity contribution in [2.45, 2.75) is 45.8 Å². The van der Waals surface area contributed by atoms with Crippen LogP contribution < -0.4 is 15.0 Å². The fourth-order valence-corrected chi connectivity index (χ4v) is 2.87. The summed E-state index contributed by atoms with van der Waals surface area (Å²) in [5.74, 6) is -4.03. The lowest BCUT2D eigenvalue weighted by Crippen LogP contribution is -2.40. The Hall–Kier alpha value is -2.58. The molecular formula is C18H24F2N2O5. The van der Waals surface area contributed by atoms with Gasteiger partial charge in [-0.25, -0.2) is 18.4 Å². The molecule has 0 spiro atoms. The zero-order chi connectivity index (χ0) is 20.4. The number of hydrogen-bond acceptors (Lipinski definition) is 5. The van der Waals surface area contributed by atoms with Crippen LogP contribution in [0.5, 0.6) is 5.75 Å². The van der Waals surface area contributed by atoms with Gasteiger partial charge in [0.05, 0.1) is 12.6 Å². The molecule has 1 fully saturated rings. The first-order chi connectivity index (χ1) is 12.5. The van der Waals surface area contributed by atoms with E-state index < -0.39 is 40.6 Å². The Labute approximate surface area is 156 Å². The Balaban J connectivity index is 2.22. The van der Waals surface area contributed by atoms with Crippen LogP contribution in [0.2, 0.25) is 0 Å². The smallest absolute Gasteiger partial charge is 0.407 e. The number of nitrogens with zero attached hydrogens (tertiary/aromatic N) is 1. The van der Waals surface area contributed by atoms with E-state index >= 15 is 0 Å². The van der Waals surface area contributed by atoms with Crippen molar-refractivity contribution in [3.63, 3.8) is 0 Å². The van der Waals surface area contributed by atoms with Crippen molar-refractivity contribution in [2.75, 3.05) is 24.6 Å². The van der Waals surface area contributed by atoms with Crippen molar-refractivity contribution in [3.05, 3.63) is 23.3 Å². The Morgan fingerprint density at radius 2 is 2.04 bits per heavy atom. The molecule has 2 rings (SSSR count). The molecule has 0 saturated carbocycles. The molecule has 1 aromatic carbocycles. The van der Waals surface area contributed by atoms with E-state index in [2.05, 4.69) is 5.32 Å². The fraction of sp³-hybridized carbons (Fsp3) is 0.556. The van der Waals surface area contributed by atoms with E-state index in [9.17, 15) is 18.4 Å². The van der Waals surface area contributed by atoms with Crippen molar-refractivity contribution >= 4 is 17.7 Å². The Kier molecular flexibility index (Phi) is 6.12. The van der Waals surface area contributed by atoms with Crippen molar-refractivity contribution in [3.8, 4) is 5.75 Å². The third-order valence-corrected chi connectivity index (χ3v) is 3.89. The van der Waals surface area contributed by atoms with Gasteiger partial charge in [0.1, 0.15) is 16.9 Å². The van der Waals surface area contributed by atoms with Gasteiger partial charge in [0, 0.05) is 13.1 Å². The fourth-order valence-electron chi connectivity index (χ4n) is 2.87. The number of hydrogen-bond donors (Lipinski definition) is 2. The molecular weight excluding hydrogens is 362 g/mol. The molecule has 0 aliphatic carbocycles. The number of carbonyl (C=O) groups is 2. The molecule has 1 atom stereocenters. The van der Waals surface area contributed by atoms with Gasteiger partial charge in [-0.2, -0.15) is 0 Å². The largest absolute Gasteiger partial charge is 0.489 e. The summed E-state index contributed by atoms with van der Waals surface area (Å²) < 4.78 is 39.5. The maximum Gasteiger partial charge on any atom is 0.407 e. The minimum atomic E-state index is -1.58. The average Bonchev–Trinajstić information content (AvgIpc) is 2.96. The third-order valence-electron chi connectivity index (χ3n) is 3.89. The molecule has 1 amide bonds. The van der Waals surface area contributed by atoms with Crippen LogP contribution in [-0.2, 0) is 4.74 Å². The van der Waals surface area contributed by atoms with Crippen LogP contribution in [0.1, 0.15) is 44.5 Å². The Bertz CT molecular complexity index is 733. The van der Waals surface area contributed by atoms with Gasteiger partial charge in [0.2, 0.25) is 0 Å². The van der Waals surface area contributed by atoms with Crippen LogP contribution >= 0.6 is 0 Å². The molecule has 0 bridgehead atoms. The van der Waals surface area contributed by atoms with Crippen LogP contribution in [0.25, 0.3) is 0 Å². The van der Waals surface area contributed by atoms with Crippen LogP contribution in [0.4, 0.5) is 19.3 Å². The lowest BCUT2D eigenvalue weighted by Gasteiger charge is -2.24. The summed E-state index contributed by atoms with van der Waals surface area (Å²) in [5, 5.41) is 11.7. The number of ether oxygens (including phenoxy) is 2. The second-order valence-corrected chi connectivity index (χ2v) is 7.21. The predicted molar refractivity (Wildman–Crippen MR) is 94.5 cm³/mol. The van der Waals surface area contributed by atoms with Crippen molar-refractivity contribution < 1.29 is 33.0 Å². The van der Waals surface area contributed by atoms with Crippen LogP contribution in [0.15, 0.2) is 6.07 Å². The standard InChI is InChI=1S/C18H24F2N2O5/c1-5-26-15-13(20)11(16(23)24)8-12(19)14(15)22-7-6-10(9-22)21-17(25)27-18(2,3)4/h8,10H,5-7,9H2,1-4H3,(H,21,25)(H,23,24). The van der Waals surface area contributed by atoms with Gasteiger partial charge in [0.15, 0.2) is 17.4 Å². The van der Waals surface area contributed by atoms with Crippen molar-refractivity contribution in [1.29, 1.82) is 0 Å². The summed E-state index contributed by atoms with van der Waals surface area (Å²) in [4.78, 5) is 24.5. The van der Waals surface area contributed by atoms with E-state index in [1.807, 2.05) is 0 Å². The number of carboxylic acids is 1. The molecule has 1 aliphatic rings. The second-order valence-electron chi connectivity index (χ2n) is 7.21. The monoisotopic (exact) mass is 386 g/mol. The van der Waals surface area contributed by atoms with Gasteiger partial charge >= 0.3 is 12.1 Å². The molecule has 27 heavy (non-hydrogen) atoms. The molecule has 7 nitrogen and oxygen atoms in total. The van der Waals surface area contributed by atoms with Gasteiger partial charge in [-0.05, 0) is 40.2 Å². The molecule has 1 aliphatic heterocycles. The third kappa shape index (κ3) is 4.99. The van der Waals surface area contributed by atoms with E-state index in [4.69, 9.17) is 14.6 Å². The topological polar surface area (TPSA) is 88.1 Å². The summed E-state index contributed by atoms with van der Waals surface area (Å²) >= 11 is 0. The zero-order valence-corrected chi connectivity index (χ0v) is 15.8. The summed E-state index contributed by atoms with van der Waals surface area (Å²) in [6.45, 7) is 7.40. The number of aromatic carboxylic acids is 1. The lowest BCUT2D eigenvalue weighted by atomic mass is 10.1. The quantitative estimate of drug-likeness (QED) is 0.808. The SMILES string of the molecule is CCOc1c(F)c(C(=O)O)cc(F)c1N1CCC(NC(=O)OC(C)(C)C)C1. The zero-order valence-electron chi connectivity index (χ0n) is 15.8. The van der Waals surface area contributed by atoms with Gasteiger partial charge in [0.25, 0.3) is 0 Å². The number of amides is 1. The normalized spacial score (nSPS) is 17.0. The first kappa shape index (κ1) is 20.7. The first-order valence-electron chi connectivity index (χ1n) is 8.66. The van der Waals surface area contributed by atoms with Crippen LogP contribution in [0, 0.1) is 11.6 Å². The van der Waals surface area contributed by atoms with Crippen LogP contribution in [0.3, 0.4) is 0 Å². The first-order valence-corrected chi connectivity index (χ1v) is 8.66. The van der Waals surface area contributed by atoms with E-state index in [0.29, 0.717) is 19.0 Å². The molecule has 0 radical (unpaired) electrons. The van der Waals surface area contributed by atoms with E-state index in [1.54, 1.807) is 27.7 Å². The van der Waals surface area contributed by atoms with E-state index in [1.165, 1.54) is 4.90 Å². The highest BCUT2D eigenvalue weighted by atomic mass is 19.1. The summed E-state index contributed by atoms with van der Waals surface area (Å²) in [7, 11) is 0. The minimum absolute atomic E-state index is 0.0415. The molecule has 1 heterocycles. The van der Waals surface area contributed by atoms with Gasteiger partial charge in [-0.3, -0.25) is 0 Å². The summed E-state index contributed by atoms with van der Waals surface area (Å²) in [6.07, 6.45) is -0.0979. The summed E-state index contributed by atoms with van der Waals surface area (Å²) in [5.41, 5.74) is -1.58. The number of alkyl carbamates (subject to hydrolysis) is 1. The number of nitrogens with one attached hydrogen (secondary N) is 1. The highest BCUT2D eigenvalue weighted by Crippen LogP contribution is 2.38. The maximum absolute atomic E-state index is 14.6. The molecule has 0 aromatic heterocycles. The van der Waals surface area contributed by atoms with Crippen molar-refractivity contribution in [2.24, 2.45) is 0 Å². The molecule has 150 valence electrons. The van der Waals surface area contributed by atoms with E-state index in [0.717, 1.165) is 0 Å². The molecule has 1 saturated heterocycles. The number of carboxylic acid groups (broad SMARTS) is 1. The minimum Gasteiger partial charge on any atom is -0.489 e. The number of carbonyl (C=O) groups excluding carboxylic acids is 1. The lowest BCUT2D eigenvalue weighted by molar-refractivity contribution is 0.0508. The maximum atomic E-state index is 14.6. The van der Waals surface area contributed by atoms with Gasteiger partial charge in [-0.1, -0.05) is 0 Å². The van der Waals surface area contributed by atoms with Crippen molar-refractivity contribution in [1.82, 2.24) is 5.32 Å². The second kappa shape index (κ2) is 7.98. The predicted octanol–water partition coefficient (Wildman–Crippen LogP) is 3.17. The number of anilines is 1. The average molecular weight is 386 g/mol. The highest BCUT2D eigenvalue weighted by molar-refractivity contribution is 5.90. The van der Waals surface area contributed by atoms with Gasteiger partial charge < -0.3 is 24.8 Å². The number of rotatable bonds is 5. The molecule has 2 N–H and O–H groups in total. The highest BCUT2D eigenvalue weighted by Gasteiger charge is 2.32. The molecule has 1 aromatic rings. The van der Waals surface area contributed by atoms with Crippen LogP contribution in [-0.4, -0.2) is 48.5 Å².